The fourth-order valence-electron chi connectivity index (χ4n) is 3.03. The second-order valence-corrected chi connectivity index (χ2v) is 9.51. The first-order valence-electron chi connectivity index (χ1n) is 9.88. The van der Waals surface area contributed by atoms with Gasteiger partial charge in [-0.3, -0.25) is 0 Å². The first-order chi connectivity index (χ1) is 14.7. The van der Waals surface area contributed by atoms with Crippen molar-refractivity contribution in [3.8, 4) is 0 Å². The van der Waals surface area contributed by atoms with E-state index in [9.17, 15) is 13.2 Å². The van der Waals surface area contributed by atoms with Crippen LogP contribution in [-0.4, -0.2) is 20.1 Å². The molecular weight excluding hydrogens is 412 g/mol. The zero-order chi connectivity index (χ0) is 22.5. The van der Waals surface area contributed by atoms with Gasteiger partial charge < -0.3 is 4.74 Å². The monoisotopic (exact) mass is 438 g/mol. The Kier molecular flexibility index (Phi) is 6.77. The molecule has 0 atom stereocenters. The number of benzene rings is 3. The Morgan fingerprint density at radius 3 is 1.65 bits per heavy atom. The molecule has 7 heteroatoms. The molecule has 0 spiro atoms. The van der Waals surface area contributed by atoms with Gasteiger partial charge in [0.15, 0.2) is 0 Å². The molecule has 0 unspecified atom stereocenters. The molecule has 0 aliphatic carbocycles. The summed E-state index contributed by atoms with van der Waals surface area (Å²) >= 11 is 0. The van der Waals surface area contributed by atoms with Crippen molar-refractivity contribution < 1.29 is 17.9 Å². The third-order valence-electron chi connectivity index (χ3n) is 4.32. The predicted molar refractivity (Wildman–Crippen MR) is 122 cm³/mol. The van der Waals surface area contributed by atoms with Crippen LogP contribution in [0.4, 0.5) is 10.5 Å². The fourth-order valence-corrected chi connectivity index (χ4v) is 4.34. The summed E-state index contributed by atoms with van der Waals surface area (Å²) in [6.45, 7) is 5.06. The number of ether oxygens (including phenoxy) is 1. The van der Waals surface area contributed by atoms with Gasteiger partial charge >= 0.3 is 16.3 Å². The number of amides is 1. The van der Waals surface area contributed by atoms with Crippen LogP contribution in [0, 0.1) is 0 Å². The van der Waals surface area contributed by atoms with Crippen LogP contribution in [0.15, 0.2) is 91.0 Å². The number of rotatable bonds is 6. The number of nitrogens with one attached hydrogen (secondary N) is 1. The largest absolute Gasteiger partial charge is 0.443 e. The summed E-state index contributed by atoms with van der Waals surface area (Å²) < 4.78 is 35.8. The van der Waals surface area contributed by atoms with Crippen molar-refractivity contribution >= 4 is 22.0 Å². The Bertz CT molecular complexity index is 1060. The molecule has 3 aromatic rings. The van der Waals surface area contributed by atoms with Crippen LogP contribution in [0.5, 0.6) is 0 Å². The van der Waals surface area contributed by atoms with Gasteiger partial charge in [-0.1, -0.05) is 78.9 Å². The minimum Gasteiger partial charge on any atom is -0.443 e. The second-order valence-electron chi connectivity index (χ2n) is 7.96. The van der Waals surface area contributed by atoms with Crippen LogP contribution in [0.1, 0.15) is 37.9 Å². The molecule has 0 aliphatic rings. The van der Waals surface area contributed by atoms with Gasteiger partial charge in [-0.15, -0.1) is 0 Å². The van der Waals surface area contributed by atoms with Gasteiger partial charge in [-0.05, 0) is 44.0 Å². The third kappa shape index (κ3) is 5.93. The van der Waals surface area contributed by atoms with E-state index in [-0.39, 0.29) is 5.69 Å². The smallest absolute Gasteiger partial charge is 0.429 e. The maximum atomic E-state index is 13.5. The summed E-state index contributed by atoms with van der Waals surface area (Å²) in [6.07, 6.45) is -0.980. The highest BCUT2D eigenvalue weighted by Crippen LogP contribution is 2.26. The highest BCUT2D eigenvalue weighted by molar-refractivity contribution is 7.91. The summed E-state index contributed by atoms with van der Waals surface area (Å²) in [5.74, 6) is 0. The molecule has 0 aromatic heterocycles. The van der Waals surface area contributed by atoms with Crippen LogP contribution in [0.2, 0.25) is 0 Å². The van der Waals surface area contributed by atoms with E-state index >= 15 is 0 Å². The second kappa shape index (κ2) is 9.32. The Labute approximate surface area is 183 Å². The minimum absolute atomic E-state index is 0.184. The summed E-state index contributed by atoms with van der Waals surface area (Å²) in [5, 5.41) is 0. The average molecular weight is 439 g/mol. The molecule has 3 aromatic carbocycles. The van der Waals surface area contributed by atoms with Crippen molar-refractivity contribution in [3.05, 3.63) is 102 Å². The molecule has 0 aliphatic heterocycles. The van der Waals surface area contributed by atoms with Gasteiger partial charge in [0.05, 0.1) is 11.7 Å². The standard InChI is InChI=1S/C24H26N2O4S/c1-24(2,3)30-23(27)26(21-17-11-6-12-18-21)31(28,29)25-22(19-13-7-4-8-14-19)20-15-9-5-10-16-20/h4-18,22,25H,1-3H3. The minimum atomic E-state index is -4.33. The highest BCUT2D eigenvalue weighted by atomic mass is 32.2. The van der Waals surface area contributed by atoms with Gasteiger partial charge in [0.2, 0.25) is 0 Å². The van der Waals surface area contributed by atoms with Crippen molar-refractivity contribution in [1.29, 1.82) is 0 Å². The molecule has 3 rings (SSSR count). The molecule has 0 heterocycles. The fraction of sp³-hybridized carbons (Fsp3) is 0.208. The zero-order valence-electron chi connectivity index (χ0n) is 17.7. The molecule has 0 bridgehead atoms. The van der Waals surface area contributed by atoms with Crippen LogP contribution in [-0.2, 0) is 14.9 Å². The van der Waals surface area contributed by atoms with Crippen molar-refractivity contribution in [2.45, 2.75) is 32.4 Å². The molecule has 6 nitrogen and oxygen atoms in total. The van der Waals surface area contributed by atoms with Gasteiger partial charge in [0.25, 0.3) is 0 Å². The third-order valence-corrected chi connectivity index (χ3v) is 5.70. The van der Waals surface area contributed by atoms with Crippen LogP contribution in [0.3, 0.4) is 0 Å². The molecule has 1 amide bonds. The lowest BCUT2D eigenvalue weighted by Crippen LogP contribution is -2.48. The zero-order valence-corrected chi connectivity index (χ0v) is 18.5. The molecule has 0 radical (unpaired) electrons. The van der Waals surface area contributed by atoms with Crippen LogP contribution >= 0.6 is 0 Å². The van der Waals surface area contributed by atoms with Crippen molar-refractivity contribution in [2.75, 3.05) is 4.31 Å². The van der Waals surface area contributed by atoms with E-state index < -0.39 is 27.9 Å². The number of para-hydroxylation sites is 1. The van der Waals surface area contributed by atoms with E-state index in [0.717, 1.165) is 11.1 Å². The van der Waals surface area contributed by atoms with Crippen molar-refractivity contribution in [3.63, 3.8) is 0 Å². The molecule has 31 heavy (non-hydrogen) atoms. The Hall–Kier alpha value is -3.16. The lowest BCUT2D eigenvalue weighted by Gasteiger charge is -2.29. The Morgan fingerprint density at radius 1 is 0.806 bits per heavy atom. The number of nitrogens with zero attached hydrogens (tertiary/aromatic N) is 1. The molecule has 0 fully saturated rings. The maximum absolute atomic E-state index is 13.5. The number of anilines is 1. The summed E-state index contributed by atoms with van der Waals surface area (Å²) in [4.78, 5) is 12.9. The Morgan fingerprint density at radius 2 is 1.23 bits per heavy atom. The summed E-state index contributed by atoms with van der Waals surface area (Å²) in [7, 11) is -4.33. The lowest BCUT2D eigenvalue weighted by molar-refractivity contribution is 0.0608. The van der Waals surface area contributed by atoms with E-state index in [1.165, 1.54) is 0 Å². The van der Waals surface area contributed by atoms with E-state index in [1.807, 2.05) is 60.7 Å². The van der Waals surface area contributed by atoms with Gasteiger partial charge in [-0.25, -0.2) is 4.79 Å². The van der Waals surface area contributed by atoms with Gasteiger partial charge in [-0.2, -0.15) is 17.4 Å². The molecular formula is C24H26N2O4S. The first-order valence-corrected chi connectivity index (χ1v) is 11.3. The van der Waals surface area contributed by atoms with Crippen LogP contribution < -0.4 is 9.03 Å². The van der Waals surface area contributed by atoms with Gasteiger partial charge in [0.1, 0.15) is 5.60 Å². The lowest BCUT2D eigenvalue weighted by atomic mass is 10.00. The first kappa shape index (κ1) is 22.5. The number of hydrogen-bond donors (Lipinski definition) is 1. The van der Waals surface area contributed by atoms with Crippen molar-refractivity contribution in [2.24, 2.45) is 0 Å². The number of carbonyl (C=O) groups excluding carboxylic acids is 1. The molecule has 1 N–H and O–H groups in total. The Balaban J connectivity index is 2.04. The summed E-state index contributed by atoms with van der Waals surface area (Å²) in [6, 6.07) is 25.9. The van der Waals surface area contributed by atoms with Crippen molar-refractivity contribution in [1.82, 2.24) is 4.72 Å². The van der Waals surface area contributed by atoms with Gasteiger partial charge in [0, 0.05) is 0 Å². The number of carbonyl (C=O) groups is 1. The average Bonchev–Trinajstić information content (AvgIpc) is 2.73. The number of hydrogen-bond acceptors (Lipinski definition) is 4. The predicted octanol–water partition coefficient (Wildman–Crippen LogP) is 5.05. The van der Waals surface area contributed by atoms with E-state index in [4.69, 9.17) is 4.74 Å². The maximum Gasteiger partial charge on any atom is 0.429 e. The topological polar surface area (TPSA) is 75.7 Å². The SMILES string of the molecule is CC(C)(C)OC(=O)N(c1ccccc1)S(=O)(=O)NC(c1ccccc1)c1ccccc1. The molecule has 0 saturated heterocycles. The molecule has 0 saturated carbocycles. The molecule has 162 valence electrons. The van der Waals surface area contributed by atoms with Crippen LogP contribution in [0.25, 0.3) is 0 Å². The summed E-state index contributed by atoms with van der Waals surface area (Å²) in [5.41, 5.74) is 0.811. The quantitative estimate of drug-likeness (QED) is 0.584. The van der Waals surface area contributed by atoms with E-state index in [0.29, 0.717) is 4.31 Å². The normalized spacial score (nSPS) is 11.9. The van der Waals surface area contributed by atoms with E-state index in [2.05, 4.69) is 4.72 Å². The highest BCUT2D eigenvalue weighted by Gasteiger charge is 2.35. The van der Waals surface area contributed by atoms with E-state index in [1.54, 1.807) is 51.1 Å².